The number of ether oxygens (including phenoxy) is 2. The van der Waals surface area contributed by atoms with Gasteiger partial charge in [0.1, 0.15) is 17.0 Å². The number of amides is 3. The average Bonchev–Trinajstić information content (AvgIpc) is 2.83. The number of nitrogens with zero attached hydrogens (tertiary/aromatic N) is 3. The molecule has 1 aromatic carbocycles. The smallest absolute Gasteiger partial charge is 0.424 e. The van der Waals surface area contributed by atoms with Gasteiger partial charge in [-0.05, 0) is 83.7 Å². The summed E-state index contributed by atoms with van der Waals surface area (Å²) in [5, 5.41) is 2.81. The van der Waals surface area contributed by atoms with Crippen LogP contribution >= 0.6 is 0 Å². The molecule has 3 aromatic rings. The first-order chi connectivity index (χ1) is 19.1. The number of nitrogen functional groups attached to an aromatic ring is 1. The van der Waals surface area contributed by atoms with Crippen molar-refractivity contribution in [1.29, 1.82) is 0 Å². The first-order valence-electron chi connectivity index (χ1n) is 13.1. The predicted molar refractivity (Wildman–Crippen MR) is 153 cm³/mol. The molecule has 0 bridgehead atoms. The van der Waals surface area contributed by atoms with E-state index in [4.69, 9.17) is 15.2 Å². The van der Waals surface area contributed by atoms with Gasteiger partial charge in [-0.25, -0.2) is 14.6 Å². The molecule has 2 aromatic heterocycles. The van der Waals surface area contributed by atoms with Crippen molar-refractivity contribution in [3.63, 3.8) is 0 Å². The van der Waals surface area contributed by atoms with Crippen LogP contribution in [0.5, 0.6) is 0 Å². The first kappa shape index (κ1) is 29.4. The van der Waals surface area contributed by atoms with Crippen molar-refractivity contribution in [2.75, 3.05) is 17.2 Å². The van der Waals surface area contributed by atoms with Crippen molar-refractivity contribution in [2.45, 2.75) is 66.1 Å². The first-order valence-corrected chi connectivity index (χ1v) is 13.1. The Bertz CT molecular complexity index is 1510. The number of halogens is 1. The molecule has 1 aliphatic heterocycles. The molecule has 0 radical (unpaired) electrons. The predicted octanol–water partition coefficient (Wildman–Crippen LogP) is 5.80. The minimum atomic E-state index is -0.969. The molecule has 4 rings (SSSR count). The number of hydrogen-bond acceptors (Lipinski definition) is 8. The summed E-state index contributed by atoms with van der Waals surface area (Å²) in [6.07, 6.45) is 1.43. The Morgan fingerprint density at radius 1 is 0.951 bits per heavy atom. The Morgan fingerprint density at radius 3 is 2.20 bits per heavy atom. The molecule has 0 aliphatic carbocycles. The zero-order chi connectivity index (χ0) is 30.3. The molecule has 10 nitrogen and oxygen atoms in total. The third-order valence-electron chi connectivity index (χ3n) is 6.22. The highest BCUT2D eigenvalue weighted by Crippen LogP contribution is 2.37. The highest BCUT2D eigenvalue weighted by molar-refractivity contribution is 6.10. The third kappa shape index (κ3) is 6.45. The van der Waals surface area contributed by atoms with Crippen LogP contribution < -0.4 is 16.0 Å². The van der Waals surface area contributed by atoms with Gasteiger partial charge in [-0.15, -0.1) is 0 Å². The number of fused-ring (bicyclic) bond motifs is 1. The fourth-order valence-corrected chi connectivity index (χ4v) is 4.42. The molecular weight excluding hydrogens is 529 g/mol. The summed E-state index contributed by atoms with van der Waals surface area (Å²) in [7, 11) is 0. The second-order valence-electron chi connectivity index (χ2n) is 11.8. The summed E-state index contributed by atoms with van der Waals surface area (Å²) >= 11 is 0. The van der Waals surface area contributed by atoms with Gasteiger partial charge in [-0.3, -0.25) is 9.78 Å². The van der Waals surface area contributed by atoms with Crippen LogP contribution in [0, 0.1) is 12.9 Å². The van der Waals surface area contributed by atoms with Crippen molar-refractivity contribution in [3.8, 4) is 22.3 Å². The Labute approximate surface area is 238 Å². The summed E-state index contributed by atoms with van der Waals surface area (Å²) in [6, 6.07) is 6.82. The molecule has 0 saturated heterocycles. The topological polar surface area (TPSA) is 137 Å². The minimum Gasteiger partial charge on any atom is -0.443 e. The molecule has 0 fully saturated rings. The minimum absolute atomic E-state index is 0.0302. The van der Waals surface area contributed by atoms with Crippen molar-refractivity contribution in [3.05, 3.63) is 59.3 Å². The van der Waals surface area contributed by atoms with Crippen LogP contribution in [0.2, 0.25) is 0 Å². The molecule has 11 heteroatoms. The molecule has 0 atom stereocenters. The van der Waals surface area contributed by atoms with Crippen molar-refractivity contribution in [1.82, 2.24) is 15.3 Å². The largest absolute Gasteiger partial charge is 0.443 e. The number of pyridine rings is 2. The Kier molecular flexibility index (Phi) is 7.75. The summed E-state index contributed by atoms with van der Waals surface area (Å²) in [4.78, 5) is 47.5. The van der Waals surface area contributed by atoms with Gasteiger partial charge >= 0.3 is 12.2 Å². The SMILES string of the molecule is Cc1c(-c2cc(-c3ccc4c(c3)CCNC4=O)c(N)nc2F)cncc1N(C(=O)OC(C)(C)C)C(=O)OC(C)(C)C. The summed E-state index contributed by atoms with van der Waals surface area (Å²) in [6.45, 7) is 12.2. The van der Waals surface area contributed by atoms with E-state index >= 15 is 4.39 Å². The van der Waals surface area contributed by atoms with Gasteiger partial charge in [0.15, 0.2) is 0 Å². The quantitative estimate of drug-likeness (QED) is 0.381. The third-order valence-corrected chi connectivity index (χ3v) is 6.22. The number of benzene rings is 1. The van der Waals surface area contributed by atoms with E-state index in [9.17, 15) is 14.4 Å². The monoisotopic (exact) mass is 563 g/mol. The van der Waals surface area contributed by atoms with Crippen molar-refractivity contribution < 1.29 is 28.2 Å². The van der Waals surface area contributed by atoms with Crippen molar-refractivity contribution >= 4 is 29.6 Å². The Hall–Kier alpha value is -4.54. The lowest BCUT2D eigenvalue weighted by atomic mass is 9.93. The molecule has 216 valence electrons. The molecule has 1 aliphatic rings. The van der Waals surface area contributed by atoms with Crippen LogP contribution in [-0.2, 0) is 15.9 Å². The molecule has 0 saturated carbocycles. The van der Waals surface area contributed by atoms with Gasteiger partial charge in [0.05, 0.1) is 11.9 Å². The molecule has 0 unspecified atom stereocenters. The summed E-state index contributed by atoms with van der Waals surface area (Å²) < 4.78 is 26.3. The highest BCUT2D eigenvalue weighted by Gasteiger charge is 2.34. The number of carbonyl (C=O) groups excluding carboxylic acids is 3. The van der Waals surface area contributed by atoms with Gasteiger partial charge in [0, 0.05) is 35.0 Å². The van der Waals surface area contributed by atoms with Gasteiger partial charge in [0.2, 0.25) is 5.95 Å². The van der Waals surface area contributed by atoms with E-state index in [0.717, 1.165) is 10.5 Å². The van der Waals surface area contributed by atoms with Crippen LogP contribution in [0.1, 0.15) is 63.0 Å². The van der Waals surface area contributed by atoms with Crippen LogP contribution in [-0.4, -0.2) is 45.8 Å². The maximum Gasteiger partial charge on any atom is 0.424 e. The number of aromatic nitrogens is 2. The average molecular weight is 564 g/mol. The molecular formula is C30H34FN5O5. The molecule has 3 heterocycles. The fourth-order valence-electron chi connectivity index (χ4n) is 4.42. The number of nitrogens with two attached hydrogens (primary N) is 1. The molecule has 0 spiro atoms. The second-order valence-corrected chi connectivity index (χ2v) is 11.8. The standard InChI is InChI=1S/C30H34FN5O5/c1-16-22(14-33-15-23(16)36(27(38)40-29(2,3)4)28(39)41-30(5,6)7)21-13-20(25(32)35-24(21)31)17-8-9-19-18(12-17)10-11-34-26(19)37/h8-9,12-15H,10-11H2,1-7H3,(H2,32,35)(H,34,37). The zero-order valence-corrected chi connectivity index (χ0v) is 24.2. The fraction of sp³-hybridized carbons (Fsp3) is 0.367. The highest BCUT2D eigenvalue weighted by atomic mass is 19.1. The lowest BCUT2D eigenvalue weighted by Crippen LogP contribution is -2.44. The molecule has 3 amide bonds. The maximum atomic E-state index is 15.4. The van der Waals surface area contributed by atoms with E-state index in [0.29, 0.717) is 35.2 Å². The van der Waals surface area contributed by atoms with Gasteiger partial charge in [-0.2, -0.15) is 9.29 Å². The second kappa shape index (κ2) is 10.8. The number of imide groups is 1. The van der Waals surface area contributed by atoms with E-state index in [1.54, 1.807) is 66.7 Å². The number of hydrogen-bond donors (Lipinski definition) is 2. The van der Waals surface area contributed by atoms with E-state index in [1.165, 1.54) is 12.4 Å². The molecule has 3 N–H and O–H groups in total. The summed E-state index contributed by atoms with van der Waals surface area (Å²) in [5.41, 5.74) is 7.62. The van der Waals surface area contributed by atoms with Gasteiger partial charge in [0.25, 0.3) is 5.91 Å². The normalized spacial score (nSPS) is 13.2. The lowest BCUT2D eigenvalue weighted by molar-refractivity contribution is 0.0430. The van der Waals surface area contributed by atoms with E-state index < -0.39 is 29.3 Å². The van der Waals surface area contributed by atoms with Crippen LogP contribution in [0.3, 0.4) is 0 Å². The van der Waals surface area contributed by atoms with E-state index in [2.05, 4.69) is 15.3 Å². The lowest BCUT2D eigenvalue weighted by Gasteiger charge is -2.29. The molecule has 41 heavy (non-hydrogen) atoms. The van der Waals surface area contributed by atoms with Gasteiger partial charge < -0.3 is 20.5 Å². The van der Waals surface area contributed by atoms with Crippen LogP contribution in [0.15, 0.2) is 36.7 Å². The van der Waals surface area contributed by atoms with E-state index in [1.807, 2.05) is 6.07 Å². The maximum absolute atomic E-state index is 15.4. The Balaban J connectivity index is 1.83. The van der Waals surface area contributed by atoms with Crippen LogP contribution in [0.4, 0.5) is 25.5 Å². The number of anilines is 2. The van der Waals surface area contributed by atoms with E-state index in [-0.39, 0.29) is 28.5 Å². The summed E-state index contributed by atoms with van der Waals surface area (Å²) in [5.74, 6) is -1.04. The van der Waals surface area contributed by atoms with Crippen LogP contribution in [0.25, 0.3) is 22.3 Å². The Morgan fingerprint density at radius 2 is 1.59 bits per heavy atom. The number of rotatable bonds is 3. The van der Waals surface area contributed by atoms with Crippen molar-refractivity contribution in [2.24, 2.45) is 0 Å². The number of carbonyl (C=O) groups is 3. The zero-order valence-electron chi connectivity index (χ0n) is 24.2. The van der Waals surface area contributed by atoms with Gasteiger partial charge in [-0.1, -0.05) is 12.1 Å². The number of nitrogens with one attached hydrogen (secondary N) is 1.